The molecule has 0 aliphatic rings. The zero-order valence-electron chi connectivity index (χ0n) is 12.3. The van der Waals surface area contributed by atoms with Crippen molar-refractivity contribution in [2.24, 2.45) is 0 Å². The van der Waals surface area contributed by atoms with Crippen LogP contribution in [0.1, 0.15) is 32.3 Å². The predicted molar refractivity (Wildman–Crippen MR) is 78.3 cm³/mol. The number of rotatable bonds is 8. The predicted octanol–water partition coefficient (Wildman–Crippen LogP) is 2.00. The van der Waals surface area contributed by atoms with E-state index < -0.39 is 10.0 Å². The number of methoxy groups -OCH3 is 1. The highest BCUT2D eigenvalue weighted by Gasteiger charge is 2.23. The van der Waals surface area contributed by atoms with Gasteiger partial charge in [-0.1, -0.05) is 20.3 Å². The highest BCUT2D eigenvalue weighted by atomic mass is 32.2. The monoisotopic (exact) mass is 301 g/mol. The number of ether oxygens (including phenoxy) is 1. The molecular formula is C14H23NO4S. The van der Waals surface area contributed by atoms with Gasteiger partial charge in [-0.3, -0.25) is 0 Å². The van der Waals surface area contributed by atoms with E-state index >= 15 is 0 Å². The fourth-order valence-electron chi connectivity index (χ4n) is 1.97. The average Bonchev–Trinajstić information content (AvgIpc) is 2.46. The van der Waals surface area contributed by atoms with Crippen LogP contribution in [0, 0.1) is 0 Å². The second-order valence-corrected chi connectivity index (χ2v) is 6.42. The summed E-state index contributed by atoms with van der Waals surface area (Å²) in [4.78, 5) is 0.195. The largest absolute Gasteiger partial charge is 0.496 e. The Morgan fingerprint density at radius 3 is 2.50 bits per heavy atom. The third-order valence-corrected chi connectivity index (χ3v) is 5.14. The fraction of sp³-hybridized carbons (Fsp3) is 0.571. The van der Waals surface area contributed by atoms with Crippen LogP contribution >= 0.6 is 0 Å². The van der Waals surface area contributed by atoms with Gasteiger partial charge in [0.05, 0.1) is 18.6 Å². The molecule has 0 bridgehead atoms. The van der Waals surface area contributed by atoms with E-state index in [-0.39, 0.29) is 11.5 Å². The molecule has 0 radical (unpaired) electrons. The molecule has 0 saturated heterocycles. The summed E-state index contributed by atoms with van der Waals surface area (Å²) in [6.45, 7) is 4.54. The molecule has 114 valence electrons. The molecule has 6 heteroatoms. The third-order valence-electron chi connectivity index (χ3n) is 3.17. The molecular weight excluding hydrogens is 278 g/mol. The number of sulfonamides is 1. The van der Waals surface area contributed by atoms with Gasteiger partial charge in [0.25, 0.3) is 0 Å². The van der Waals surface area contributed by atoms with Crippen LogP contribution in [0.4, 0.5) is 0 Å². The Balaban J connectivity index is 3.13. The number of aliphatic hydroxyl groups excluding tert-OH is 1. The number of aliphatic hydroxyl groups is 1. The summed E-state index contributed by atoms with van der Waals surface area (Å²) in [5, 5.41) is 9.29. The van der Waals surface area contributed by atoms with Gasteiger partial charge in [0.1, 0.15) is 5.75 Å². The summed E-state index contributed by atoms with van der Waals surface area (Å²) >= 11 is 0. The number of nitrogens with zero attached hydrogens (tertiary/aromatic N) is 1. The van der Waals surface area contributed by atoms with Gasteiger partial charge in [-0.15, -0.1) is 0 Å². The Morgan fingerprint density at radius 1 is 1.30 bits per heavy atom. The minimum Gasteiger partial charge on any atom is -0.496 e. The highest BCUT2D eigenvalue weighted by Crippen LogP contribution is 2.24. The Kier molecular flexibility index (Phi) is 6.45. The highest BCUT2D eigenvalue weighted by molar-refractivity contribution is 7.89. The minimum atomic E-state index is -3.51. The lowest BCUT2D eigenvalue weighted by molar-refractivity contribution is 0.273. The van der Waals surface area contributed by atoms with Gasteiger partial charge in [0.2, 0.25) is 10.0 Å². The Morgan fingerprint density at radius 2 is 2.00 bits per heavy atom. The summed E-state index contributed by atoms with van der Waals surface area (Å²) in [5.41, 5.74) is 0.472. The number of unbranched alkanes of at least 4 members (excludes halogenated alkanes) is 1. The summed E-state index contributed by atoms with van der Waals surface area (Å²) in [6.07, 6.45) is 1.77. The fourth-order valence-corrected chi connectivity index (χ4v) is 3.51. The molecule has 0 aliphatic carbocycles. The zero-order valence-corrected chi connectivity index (χ0v) is 13.1. The maximum atomic E-state index is 12.5. The van der Waals surface area contributed by atoms with E-state index in [0.717, 1.165) is 12.8 Å². The number of hydrogen-bond acceptors (Lipinski definition) is 4. The van der Waals surface area contributed by atoms with Gasteiger partial charge in [0.15, 0.2) is 0 Å². The molecule has 1 N–H and O–H groups in total. The van der Waals surface area contributed by atoms with E-state index in [9.17, 15) is 13.5 Å². The van der Waals surface area contributed by atoms with E-state index in [0.29, 0.717) is 24.4 Å². The molecule has 0 fully saturated rings. The van der Waals surface area contributed by atoms with Crippen LogP contribution in [-0.4, -0.2) is 38.0 Å². The van der Waals surface area contributed by atoms with Crippen LogP contribution in [-0.2, 0) is 16.6 Å². The van der Waals surface area contributed by atoms with Gasteiger partial charge < -0.3 is 9.84 Å². The van der Waals surface area contributed by atoms with Crippen LogP contribution in [0.5, 0.6) is 5.75 Å². The van der Waals surface area contributed by atoms with Gasteiger partial charge in [-0.25, -0.2) is 8.42 Å². The van der Waals surface area contributed by atoms with Crippen molar-refractivity contribution in [3.05, 3.63) is 23.8 Å². The molecule has 20 heavy (non-hydrogen) atoms. The van der Waals surface area contributed by atoms with Crippen molar-refractivity contribution in [3.8, 4) is 5.75 Å². The molecule has 0 unspecified atom stereocenters. The summed E-state index contributed by atoms with van der Waals surface area (Å²) in [5.74, 6) is 0.489. The molecule has 0 aromatic heterocycles. The lowest BCUT2D eigenvalue weighted by Gasteiger charge is -2.21. The summed E-state index contributed by atoms with van der Waals surface area (Å²) in [6, 6.07) is 4.57. The molecule has 1 aromatic carbocycles. The second kappa shape index (κ2) is 7.61. The van der Waals surface area contributed by atoms with E-state index in [1.165, 1.54) is 23.5 Å². The van der Waals surface area contributed by atoms with E-state index in [1.54, 1.807) is 6.07 Å². The van der Waals surface area contributed by atoms with Gasteiger partial charge >= 0.3 is 0 Å². The van der Waals surface area contributed by atoms with E-state index in [1.807, 2.05) is 13.8 Å². The van der Waals surface area contributed by atoms with Crippen molar-refractivity contribution in [1.82, 2.24) is 4.31 Å². The van der Waals surface area contributed by atoms with E-state index in [4.69, 9.17) is 4.74 Å². The molecule has 0 spiro atoms. The lowest BCUT2D eigenvalue weighted by Crippen LogP contribution is -2.31. The number of benzene rings is 1. The first-order chi connectivity index (χ1) is 9.51. The topological polar surface area (TPSA) is 66.8 Å². The van der Waals surface area contributed by atoms with Crippen LogP contribution in [0.3, 0.4) is 0 Å². The Bertz CT molecular complexity index is 528. The summed E-state index contributed by atoms with van der Waals surface area (Å²) in [7, 11) is -2.03. The normalized spacial score (nSPS) is 11.8. The lowest BCUT2D eigenvalue weighted by atomic mass is 10.2. The van der Waals surface area contributed by atoms with Crippen molar-refractivity contribution < 1.29 is 18.3 Å². The smallest absolute Gasteiger partial charge is 0.243 e. The van der Waals surface area contributed by atoms with Gasteiger partial charge in [-0.2, -0.15) is 4.31 Å². The van der Waals surface area contributed by atoms with E-state index in [2.05, 4.69) is 0 Å². The van der Waals surface area contributed by atoms with Crippen LogP contribution in [0.15, 0.2) is 23.1 Å². The first-order valence-corrected chi connectivity index (χ1v) is 8.23. The van der Waals surface area contributed by atoms with Crippen LogP contribution in [0.2, 0.25) is 0 Å². The summed E-state index contributed by atoms with van der Waals surface area (Å²) < 4.78 is 31.6. The van der Waals surface area contributed by atoms with Crippen molar-refractivity contribution in [3.63, 3.8) is 0 Å². The second-order valence-electron chi connectivity index (χ2n) is 4.48. The molecule has 1 rings (SSSR count). The van der Waals surface area contributed by atoms with Gasteiger partial charge in [-0.05, 0) is 24.6 Å². The average molecular weight is 301 g/mol. The molecule has 0 saturated carbocycles. The first-order valence-electron chi connectivity index (χ1n) is 6.79. The van der Waals surface area contributed by atoms with Crippen LogP contribution in [0.25, 0.3) is 0 Å². The minimum absolute atomic E-state index is 0.195. The number of hydrogen-bond donors (Lipinski definition) is 1. The van der Waals surface area contributed by atoms with Gasteiger partial charge in [0, 0.05) is 18.7 Å². The molecule has 0 amide bonds. The molecule has 5 nitrogen and oxygen atoms in total. The van der Waals surface area contributed by atoms with Crippen molar-refractivity contribution in [2.45, 2.75) is 38.2 Å². The van der Waals surface area contributed by atoms with Crippen molar-refractivity contribution in [2.75, 3.05) is 20.2 Å². The molecule has 0 aliphatic heterocycles. The van der Waals surface area contributed by atoms with Crippen molar-refractivity contribution >= 4 is 10.0 Å². The standard InChI is InChI=1S/C14H23NO4S/c1-4-6-9-15(5-2)20(17,18)13-7-8-14(19-3)12(10-13)11-16/h7-8,10,16H,4-6,9,11H2,1-3H3. The zero-order chi connectivity index (χ0) is 15.2. The Labute approximate surface area is 121 Å². The molecule has 0 atom stereocenters. The van der Waals surface area contributed by atoms with Crippen LogP contribution < -0.4 is 4.74 Å². The van der Waals surface area contributed by atoms with Crippen molar-refractivity contribution in [1.29, 1.82) is 0 Å². The SMILES string of the molecule is CCCCN(CC)S(=O)(=O)c1ccc(OC)c(CO)c1. The molecule has 1 aromatic rings. The molecule has 0 heterocycles. The maximum absolute atomic E-state index is 12.5. The quantitative estimate of drug-likeness (QED) is 0.797. The Hall–Kier alpha value is -1.11. The first kappa shape index (κ1) is 16.9. The third kappa shape index (κ3) is 3.71. The maximum Gasteiger partial charge on any atom is 0.243 e.